The molecule has 8 rings (SSSR count). The van der Waals surface area contributed by atoms with Gasteiger partial charge in [-0.2, -0.15) is 0 Å². The van der Waals surface area contributed by atoms with E-state index in [0.717, 1.165) is 72.3 Å². The van der Waals surface area contributed by atoms with Crippen LogP contribution in [-0.4, -0.2) is 14.5 Å². The first-order valence-electron chi connectivity index (χ1n) is 12.8. The van der Waals surface area contributed by atoms with Crippen LogP contribution >= 0.6 is 0 Å². The van der Waals surface area contributed by atoms with Gasteiger partial charge in [0.25, 0.3) is 0 Å². The van der Waals surface area contributed by atoms with Crippen molar-refractivity contribution in [3.63, 3.8) is 0 Å². The van der Waals surface area contributed by atoms with E-state index in [9.17, 15) is 0 Å². The van der Waals surface area contributed by atoms with Crippen molar-refractivity contribution in [3.8, 4) is 28.6 Å². The molecule has 0 bridgehead atoms. The van der Waals surface area contributed by atoms with Gasteiger partial charge in [-0.15, -0.1) is 0 Å². The quantitative estimate of drug-likeness (QED) is 0.241. The fraction of sp³-hybridized carbons (Fsp3) is 0. The smallest absolute Gasteiger partial charge is 0.137 e. The van der Waals surface area contributed by atoms with Crippen LogP contribution in [-0.2, 0) is 0 Å². The Labute approximate surface area is 223 Å². The SMILES string of the molecule is c1ccc(-c2cccc(Oc3ccc4c5cc6oc7ccccc7c6cc5n(-c5ccccn5)c4c3)c2)nc1. The zero-order valence-electron chi connectivity index (χ0n) is 20.8. The lowest BCUT2D eigenvalue weighted by molar-refractivity contribution is 0.483. The maximum Gasteiger partial charge on any atom is 0.137 e. The summed E-state index contributed by atoms with van der Waals surface area (Å²) in [6.07, 6.45) is 3.62. The number of para-hydroxylation sites is 1. The molecule has 39 heavy (non-hydrogen) atoms. The molecule has 5 nitrogen and oxygen atoms in total. The molecule has 184 valence electrons. The molecule has 0 fully saturated rings. The number of nitrogens with zero attached hydrogens (tertiary/aromatic N) is 3. The Morgan fingerprint density at radius 1 is 0.538 bits per heavy atom. The van der Waals surface area contributed by atoms with Gasteiger partial charge in [0.1, 0.15) is 28.5 Å². The van der Waals surface area contributed by atoms with E-state index in [2.05, 4.69) is 39.9 Å². The molecular formula is C34H21N3O2. The first-order valence-corrected chi connectivity index (χ1v) is 12.8. The Bertz CT molecular complexity index is 2140. The van der Waals surface area contributed by atoms with Gasteiger partial charge in [-0.3, -0.25) is 9.55 Å². The number of furan rings is 1. The third-order valence-corrected chi connectivity index (χ3v) is 7.14. The van der Waals surface area contributed by atoms with Crippen LogP contribution < -0.4 is 4.74 Å². The van der Waals surface area contributed by atoms with Gasteiger partial charge < -0.3 is 9.15 Å². The van der Waals surface area contributed by atoms with Crippen LogP contribution in [0.25, 0.3) is 60.8 Å². The number of hydrogen-bond acceptors (Lipinski definition) is 4. The number of ether oxygens (including phenoxy) is 1. The minimum Gasteiger partial charge on any atom is -0.457 e. The van der Waals surface area contributed by atoms with Crippen LogP contribution in [0.4, 0.5) is 0 Å². The number of aromatic nitrogens is 3. The van der Waals surface area contributed by atoms with Crippen LogP contribution in [0.3, 0.4) is 0 Å². The topological polar surface area (TPSA) is 53.1 Å². The molecule has 4 aromatic carbocycles. The predicted octanol–water partition coefficient (Wildman–Crippen LogP) is 8.93. The largest absolute Gasteiger partial charge is 0.457 e. The lowest BCUT2D eigenvalue weighted by atomic mass is 10.1. The van der Waals surface area contributed by atoms with Gasteiger partial charge in [0.2, 0.25) is 0 Å². The lowest BCUT2D eigenvalue weighted by Crippen LogP contribution is -1.96. The van der Waals surface area contributed by atoms with Gasteiger partial charge in [-0.25, -0.2) is 4.98 Å². The van der Waals surface area contributed by atoms with E-state index in [1.165, 1.54) is 0 Å². The van der Waals surface area contributed by atoms with Crippen LogP contribution in [0, 0.1) is 0 Å². The van der Waals surface area contributed by atoms with Gasteiger partial charge in [-0.05, 0) is 66.7 Å². The normalized spacial score (nSPS) is 11.6. The van der Waals surface area contributed by atoms with Crippen molar-refractivity contribution in [3.05, 3.63) is 128 Å². The summed E-state index contributed by atoms with van der Waals surface area (Å²) < 4.78 is 14.8. The molecule has 0 radical (unpaired) electrons. The zero-order valence-corrected chi connectivity index (χ0v) is 20.8. The second-order valence-electron chi connectivity index (χ2n) is 9.51. The molecule has 0 spiro atoms. The molecule has 8 aromatic rings. The Balaban J connectivity index is 1.32. The molecule has 0 saturated heterocycles. The first kappa shape index (κ1) is 21.6. The molecule has 0 saturated carbocycles. The highest BCUT2D eigenvalue weighted by Crippen LogP contribution is 2.39. The second-order valence-corrected chi connectivity index (χ2v) is 9.51. The third-order valence-electron chi connectivity index (χ3n) is 7.14. The Morgan fingerprint density at radius 3 is 2.23 bits per heavy atom. The van der Waals surface area contributed by atoms with Crippen molar-refractivity contribution in [2.45, 2.75) is 0 Å². The maximum atomic E-state index is 6.38. The summed E-state index contributed by atoms with van der Waals surface area (Å²) in [5.41, 5.74) is 5.75. The molecule has 0 amide bonds. The van der Waals surface area contributed by atoms with Gasteiger partial charge in [0.15, 0.2) is 0 Å². The summed E-state index contributed by atoms with van der Waals surface area (Å²) in [6.45, 7) is 0. The molecular weight excluding hydrogens is 482 g/mol. The molecule has 0 atom stereocenters. The van der Waals surface area contributed by atoms with E-state index >= 15 is 0 Å². The molecule has 0 unspecified atom stereocenters. The van der Waals surface area contributed by atoms with Gasteiger partial charge in [0.05, 0.1) is 16.7 Å². The maximum absolute atomic E-state index is 6.38. The summed E-state index contributed by atoms with van der Waals surface area (Å²) in [5.74, 6) is 2.34. The van der Waals surface area contributed by atoms with E-state index in [1.54, 1.807) is 6.20 Å². The van der Waals surface area contributed by atoms with E-state index < -0.39 is 0 Å². The Hall–Kier alpha value is -5.42. The molecule has 0 aliphatic heterocycles. The molecule has 0 aliphatic rings. The van der Waals surface area contributed by atoms with Crippen molar-refractivity contribution >= 4 is 43.7 Å². The minimum atomic E-state index is 0.745. The summed E-state index contributed by atoms with van der Waals surface area (Å²) in [7, 11) is 0. The highest BCUT2D eigenvalue weighted by molar-refractivity contribution is 6.17. The summed E-state index contributed by atoms with van der Waals surface area (Å²) in [4.78, 5) is 9.17. The van der Waals surface area contributed by atoms with Crippen molar-refractivity contribution in [2.75, 3.05) is 0 Å². The van der Waals surface area contributed by atoms with Crippen molar-refractivity contribution in [1.29, 1.82) is 0 Å². The van der Waals surface area contributed by atoms with Crippen molar-refractivity contribution in [2.24, 2.45) is 0 Å². The minimum absolute atomic E-state index is 0.745. The standard InChI is InChI=1S/C34H21N3O2/c1-2-12-32-26(10-1)28-20-31-27(21-33(28)39-32)25-15-14-24(19-30(25)37(31)34-13-4-6-17-36-34)38-23-9-7-8-22(18-23)29-11-3-5-16-35-29/h1-21H. The molecule has 0 N–H and O–H groups in total. The Morgan fingerprint density at radius 2 is 1.36 bits per heavy atom. The van der Waals surface area contributed by atoms with E-state index in [1.807, 2.05) is 91.1 Å². The second kappa shape index (κ2) is 8.57. The number of rotatable bonds is 4. The number of benzene rings is 4. The fourth-order valence-corrected chi connectivity index (χ4v) is 5.40. The predicted molar refractivity (Wildman–Crippen MR) is 156 cm³/mol. The average molecular weight is 504 g/mol. The monoisotopic (exact) mass is 503 g/mol. The molecule has 5 heteroatoms. The van der Waals surface area contributed by atoms with E-state index in [4.69, 9.17) is 14.1 Å². The van der Waals surface area contributed by atoms with E-state index in [0.29, 0.717) is 0 Å². The Kier molecular flexibility index (Phi) is 4.76. The summed E-state index contributed by atoms with van der Waals surface area (Å²) in [6, 6.07) is 38.6. The lowest BCUT2D eigenvalue weighted by Gasteiger charge is -2.10. The fourth-order valence-electron chi connectivity index (χ4n) is 5.40. The van der Waals surface area contributed by atoms with Gasteiger partial charge in [-0.1, -0.05) is 42.5 Å². The summed E-state index contributed by atoms with van der Waals surface area (Å²) in [5, 5.41) is 4.39. The average Bonchev–Trinajstić information content (AvgIpc) is 3.51. The number of fused-ring (bicyclic) bond motifs is 6. The van der Waals surface area contributed by atoms with Crippen LogP contribution in [0.2, 0.25) is 0 Å². The van der Waals surface area contributed by atoms with Crippen LogP contribution in [0.1, 0.15) is 0 Å². The van der Waals surface area contributed by atoms with Crippen molar-refractivity contribution < 1.29 is 9.15 Å². The third kappa shape index (κ3) is 3.55. The first-order chi connectivity index (χ1) is 19.3. The highest BCUT2D eigenvalue weighted by Gasteiger charge is 2.17. The van der Waals surface area contributed by atoms with Crippen LogP contribution in [0.5, 0.6) is 11.5 Å². The zero-order chi connectivity index (χ0) is 25.8. The molecule has 0 aliphatic carbocycles. The van der Waals surface area contributed by atoms with Crippen LogP contribution in [0.15, 0.2) is 132 Å². The highest BCUT2D eigenvalue weighted by atomic mass is 16.5. The summed E-state index contributed by atoms with van der Waals surface area (Å²) >= 11 is 0. The molecule has 4 heterocycles. The number of hydrogen-bond donors (Lipinski definition) is 0. The van der Waals surface area contributed by atoms with Crippen molar-refractivity contribution in [1.82, 2.24) is 14.5 Å². The van der Waals surface area contributed by atoms with E-state index in [-0.39, 0.29) is 0 Å². The van der Waals surface area contributed by atoms with Gasteiger partial charge in [0, 0.05) is 45.6 Å². The number of pyridine rings is 2. The molecule has 4 aromatic heterocycles. The van der Waals surface area contributed by atoms with Gasteiger partial charge >= 0.3 is 0 Å².